The summed E-state index contributed by atoms with van der Waals surface area (Å²) in [5.74, 6) is 0.851. The van der Waals surface area contributed by atoms with Crippen LogP contribution in [0.25, 0.3) is 0 Å². The van der Waals surface area contributed by atoms with Crippen molar-refractivity contribution < 1.29 is 5.11 Å². The van der Waals surface area contributed by atoms with Gasteiger partial charge in [0.1, 0.15) is 0 Å². The highest BCUT2D eigenvalue weighted by atomic mass is 16.3. The maximum absolute atomic E-state index is 9.49. The fourth-order valence-electron chi connectivity index (χ4n) is 2.50. The Balaban J connectivity index is 2.17. The largest absolute Gasteiger partial charge is 0.393 e. The Morgan fingerprint density at radius 3 is 2.56 bits per heavy atom. The van der Waals surface area contributed by atoms with E-state index in [1.165, 1.54) is 26.1 Å². The number of hydrogen-bond donors (Lipinski definition) is 1. The van der Waals surface area contributed by atoms with E-state index in [0.29, 0.717) is 5.41 Å². The molecule has 0 aliphatic carbocycles. The van der Waals surface area contributed by atoms with Crippen molar-refractivity contribution >= 4 is 0 Å². The summed E-state index contributed by atoms with van der Waals surface area (Å²) >= 11 is 0. The average Bonchev–Trinajstić information content (AvgIpc) is 2.65. The molecule has 0 bridgehead atoms. The highest BCUT2D eigenvalue weighted by Gasteiger charge is 2.31. The normalized spacial score (nSPS) is 24.9. The monoisotopic (exact) mass is 227 g/mol. The fourth-order valence-corrected chi connectivity index (χ4v) is 2.50. The number of rotatable bonds is 5. The first kappa shape index (κ1) is 14.0. The van der Waals surface area contributed by atoms with Crippen LogP contribution in [0.1, 0.15) is 53.4 Å². The van der Waals surface area contributed by atoms with Crippen LogP contribution >= 0.6 is 0 Å². The lowest BCUT2D eigenvalue weighted by atomic mass is 9.80. The summed E-state index contributed by atoms with van der Waals surface area (Å²) < 4.78 is 0. The van der Waals surface area contributed by atoms with Crippen LogP contribution < -0.4 is 0 Å². The van der Waals surface area contributed by atoms with Crippen LogP contribution in [0.15, 0.2) is 0 Å². The van der Waals surface area contributed by atoms with Crippen LogP contribution in [0.5, 0.6) is 0 Å². The van der Waals surface area contributed by atoms with E-state index >= 15 is 0 Å². The summed E-state index contributed by atoms with van der Waals surface area (Å²) in [6.07, 6.45) is 4.27. The molecule has 0 aromatic carbocycles. The third kappa shape index (κ3) is 4.42. The van der Waals surface area contributed by atoms with Crippen LogP contribution in [0.4, 0.5) is 0 Å². The molecule has 0 saturated carbocycles. The van der Waals surface area contributed by atoms with Gasteiger partial charge in [-0.25, -0.2) is 0 Å². The molecule has 0 aromatic heterocycles. The molecule has 2 heteroatoms. The lowest BCUT2D eigenvalue weighted by molar-refractivity contribution is 0.150. The Morgan fingerprint density at radius 2 is 2.06 bits per heavy atom. The molecular formula is C14H29NO. The second-order valence-corrected chi connectivity index (χ2v) is 6.36. The zero-order chi connectivity index (χ0) is 12.2. The maximum atomic E-state index is 9.49. The molecule has 0 radical (unpaired) electrons. The van der Waals surface area contributed by atoms with Gasteiger partial charge in [0.2, 0.25) is 0 Å². The SMILES string of the molecule is CCC(O)CCCN1CCC(C(C)(C)C)C1. The molecule has 1 aliphatic rings. The Morgan fingerprint density at radius 1 is 1.38 bits per heavy atom. The van der Waals surface area contributed by atoms with Gasteiger partial charge in [-0.15, -0.1) is 0 Å². The summed E-state index contributed by atoms with van der Waals surface area (Å²) in [6.45, 7) is 12.8. The highest BCUT2D eigenvalue weighted by Crippen LogP contribution is 2.33. The molecule has 2 nitrogen and oxygen atoms in total. The Labute approximate surface area is 101 Å². The molecule has 16 heavy (non-hydrogen) atoms. The summed E-state index contributed by atoms with van der Waals surface area (Å²) in [6, 6.07) is 0. The first-order valence-electron chi connectivity index (χ1n) is 6.84. The van der Waals surface area contributed by atoms with Gasteiger partial charge in [0.15, 0.2) is 0 Å². The molecule has 96 valence electrons. The average molecular weight is 227 g/mol. The summed E-state index contributed by atoms with van der Waals surface area (Å²) in [5.41, 5.74) is 0.456. The second kappa shape index (κ2) is 6.02. The highest BCUT2D eigenvalue weighted by molar-refractivity contribution is 4.83. The molecule has 1 aliphatic heterocycles. The standard InChI is InChI=1S/C14H29NO/c1-5-13(16)7-6-9-15-10-8-12(11-15)14(2,3)4/h12-13,16H,5-11H2,1-4H3. The summed E-state index contributed by atoms with van der Waals surface area (Å²) in [4.78, 5) is 2.57. The van der Waals surface area contributed by atoms with Gasteiger partial charge in [-0.3, -0.25) is 0 Å². The van der Waals surface area contributed by atoms with Gasteiger partial charge in [0, 0.05) is 6.54 Å². The van der Waals surface area contributed by atoms with Crippen LogP contribution in [0.3, 0.4) is 0 Å². The third-order valence-electron chi connectivity index (χ3n) is 3.98. The van der Waals surface area contributed by atoms with Gasteiger partial charge >= 0.3 is 0 Å². The zero-order valence-electron chi connectivity index (χ0n) is 11.5. The van der Waals surface area contributed by atoms with Gasteiger partial charge in [-0.05, 0) is 50.1 Å². The predicted molar refractivity (Wildman–Crippen MR) is 69.5 cm³/mol. The van der Waals surface area contributed by atoms with Gasteiger partial charge in [-0.2, -0.15) is 0 Å². The van der Waals surface area contributed by atoms with Crippen molar-refractivity contribution in [3.05, 3.63) is 0 Å². The lowest BCUT2D eigenvalue weighted by Crippen LogP contribution is -2.27. The first-order chi connectivity index (χ1) is 7.43. The van der Waals surface area contributed by atoms with Gasteiger partial charge in [-0.1, -0.05) is 27.7 Å². The number of aliphatic hydroxyl groups excluding tert-OH is 1. The van der Waals surface area contributed by atoms with Crippen molar-refractivity contribution in [3.8, 4) is 0 Å². The van der Waals surface area contributed by atoms with Gasteiger partial charge in [0.25, 0.3) is 0 Å². The van der Waals surface area contributed by atoms with Crippen molar-refractivity contribution in [2.45, 2.75) is 59.5 Å². The van der Waals surface area contributed by atoms with E-state index in [1.807, 2.05) is 0 Å². The molecule has 0 aromatic rings. The van der Waals surface area contributed by atoms with Crippen LogP contribution in [0, 0.1) is 11.3 Å². The van der Waals surface area contributed by atoms with E-state index in [9.17, 15) is 5.11 Å². The minimum absolute atomic E-state index is 0.0824. The molecule has 1 fully saturated rings. The zero-order valence-corrected chi connectivity index (χ0v) is 11.5. The van der Waals surface area contributed by atoms with Gasteiger partial charge < -0.3 is 10.0 Å². The summed E-state index contributed by atoms with van der Waals surface area (Å²) in [7, 11) is 0. The van der Waals surface area contributed by atoms with Crippen molar-refractivity contribution in [2.75, 3.05) is 19.6 Å². The molecule has 1 rings (SSSR count). The first-order valence-corrected chi connectivity index (χ1v) is 6.84. The third-order valence-corrected chi connectivity index (χ3v) is 3.98. The van der Waals surface area contributed by atoms with E-state index in [0.717, 1.165) is 25.2 Å². The molecule has 2 unspecified atom stereocenters. The summed E-state index contributed by atoms with van der Waals surface area (Å²) in [5, 5.41) is 9.49. The van der Waals surface area contributed by atoms with Crippen molar-refractivity contribution in [1.82, 2.24) is 4.90 Å². The predicted octanol–water partition coefficient (Wildman–Crippen LogP) is 2.91. The molecule has 1 heterocycles. The molecule has 0 amide bonds. The van der Waals surface area contributed by atoms with Crippen molar-refractivity contribution in [1.29, 1.82) is 0 Å². The van der Waals surface area contributed by atoms with E-state index in [1.54, 1.807) is 0 Å². The van der Waals surface area contributed by atoms with Crippen molar-refractivity contribution in [2.24, 2.45) is 11.3 Å². The van der Waals surface area contributed by atoms with Crippen molar-refractivity contribution in [3.63, 3.8) is 0 Å². The van der Waals surface area contributed by atoms with Crippen LogP contribution in [0.2, 0.25) is 0 Å². The van der Waals surface area contributed by atoms with E-state index in [-0.39, 0.29) is 6.10 Å². The number of hydrogen-bond acceptors (Lipinski definition) is 2. The molecule has 1 N–H and O–H groups in total. The quantitative estimate of drug-likeness (QED) is 0.780. The van der Waals surface area contributed by atoms with E-state index in [2.05, 4.69) is 32.6 Å². The van der Waals surface area contributed by atoms with E-state index in [4.69, 9.17) is 0 Å². The van der Waals surface area contributed by atoms with Crippen LogP contribution in [-0.4, -0.2) is 35.7 Å². The Kier molecular flexibility index (Phi) is 5.26. The van der Waals surface area contributed by atoms with Crippen LogP contribution in [-0.2, 0) is 0 Å². The smallest absolute Gasteiger partial charge is 0.0538 e. The van der Waals surface area contributed by atoms with Gasteiger partial charge in [0.05, 0.1) is 6.10 Å². The Bertz CT molecular complexity index is 197. The number of likely N-dealkylation sites (tertiary alicyclic amines) is 1. The topological polar surface area (TPSA) is 23.5 Å². The number of aliphatic hydroxyl groups is 1. The number of nitrogens with zero attached hydrogens (tertiary/aromatic N) is 1. The van der Waals surface area contributed by atoms with E-state index < -0.39 is 0 Å². The molecule has 1 saturated heterocycles. The molecular weight excluding hydrogens is 198 g/mol. The molecule has 2 atom stereocenters. The minimum Gasteiger partial charge on any atom is -0.393 e. The minimum atomic E-state index is -0.0824. The second-order valence-electron chi connectivity index (χ2n) is 6.36. The molecule has 0 spiro atoms. The Hall–Kier alpha value is -0.0800. The lowest BCUT2D eigenvalue weighted by Gasteiger charge is -2.27. The maximum Gasteiger partial charge on any atom is 0.0538 e. The fraction of sp³-hybridized carbons (Fsp3) is 1.00.